The van der Waals surface area contributed by atoms with Gasteiger partial charge in [0.05, 0.1) is 11.6 Å². The van der Waals surface area contributed by atoms with Gasteiger partial charge in [-0.3, -0.25) is 0 Å². The first-order chi connectivity index (χ1) is 12.1. The van der Waals surface area contributed by atoms with Gasteiger partial charge in [0, 0.05) is 5.70 Å². The van der Waals surface area contributed by atoms with E-state index in [-0.39, 0.29) is 18.1 Å². The van der Waals surface area contributed by atoms with E-state index in [0.29, 0.717) is 11.3 Å². The van der Waals surface area contributed by atoms with Crippen LogP contribution in [0.4, 0.5) is 4.79 Å². The molecule has 0 radical (unpaired) electrons. The molecule has 0 bridgehead atoms. The number of rotatable bonds is 3. The molecular formula is C20H26N2O3. The molecule has 2 aliphatic rings. The van der Waals surface area contributed by atoms with Crippen molar-refractivity contribution in [1.29, 1.82) is 0 Å². The molecule has 1 heterocycles. The van der Waals surface area contributed by atoms with Gasteiger partial charge in [0.25, 0.3) is 0 Å². The third-order valence-corrected chi connectivity index (χ3v) is 4.95. The molecule has 1 aliphatic carbocycles. The first-order valence-corrected chi connectivity index (χ1v) is 9.19. The Hall–Kier alpha value is -2.30. The Morgan fingerprint density at radius 2 is 1.68 bits per heavy atom. The standard InChI is InChI=1S/C20H26N2O3/c1-14-17(19(23)25-16-12-8-3-2-4-9-13-16)18(22-20(24)21-14)15-10-6-5-7-11-15/h5-7,10-11,16,18H,2-4,8-9,12-13H2,1H3,(H2,21,22,24)/t18-/m0/s1. The third-order valence-electron chi connectivity index (χ3n) is 4.95. The molecule has 1 atom stereocenters. The Labute approximate surface area is 148 Å². The number of hydrogen-bond acceptors (Lipinski definition) is 3. The van der Waals surface area contributed by atoms with Gasteiger partial charge in [-0.2, -0.15) is 0 Å². The highest BCUT2D eigenvalue weighted by Gasteiger charge is 2.33. The van der Waals surface area contributed by atoms with Gasteiger partial charge >= 0.3 is 12.0 Å². The van der Waals surface area contributed by atoms with E-state index in [1.54, 1.807) is 6.92 Å². The molecule has 0 unspecified atom stereocenters. The van der Waals surface area contributed by atoms with Gasteiger partial charge in [-0.1, -0.05) is 49.6 Å². The van der Waals surface area contributed by atoms with E-state index >= 15 is 0 Å². The Morgan fingerprint density at radius 3 is 2.36 bits per heavy atom. The zero-order valence-electron chi connectivity index (χ0n) is 14.7. The van der Waals surface area contributed by atoms with E-state index in [0.717, 1.165) is 31.2 Å². The number of nitrogens with one attached hydrogen (secondary N) is 2. The van der Waals surface area contributed by atoms with Crippen LogP contribution in [0.5, 0.6) is 0 Å². The van der Waals surface area contributed by atoms with E-state index < -0.39 is 6.04 Å². The van der Waals surface area contributed by atoms with Gasteiger partial charge in [0.2, 0.25) is 0 Å². The first kappa shape index (κ1) is 17.5. The molecule has 1 aliphatic heterocycles. The number of amides is 2. The fraction of sp³-hybridized carbons (Fsp3) is 0.500. The van der Waals surface area contributed by atoms with E-state index in [4.69, 9.17) is 4.74 Å². The number of benzene rings is 1. The Morgan fingerprint density at radius 1 is 1.04 bits per heavy atom. The lowest BCUT2D eigenvalue weighted by atomic mass is 9.95. The summed E-state index contributed by atoms with van der Waals surface area (Å²) in [5, 5.41) is 5.54. The lowest BCUT2D eigenvalue weighted by Gasteiger charge is -2.29. The minimum Gasteiger partial charge on any atom is -0.459 e. The molecule has 0 spiro atoms. The SMILES string of the molecule is CC1=C(C(=O)OC2CCCCCCC2)[C@H](c2ccccc2)NC(=O)N1. The molecule has 0 saturated heterocycles. The van der Waals surface area contributed by atoms with Crippen LogP contribution < -0.4 is 10.6 Å². The van der Waals surface area contributed by atoms with Crippen molar-refractivity contribution in [3.05, 3.63) is 47.2 Å². The summed E-state index contributed by atoms with van der Waals surface area (Å²) in [6.07, 6.45) is 7.72. The second kappa shape index (κ2) is 8.19. The molecule has 1 saturated carbocycles. The summed E-state index contributed by atoms with van der Waals surface area (Å²) in [5.74, 6) is -0.329. The minimum atomic E-state index is -0.476. The average Bonchev–Trinajstić information content (AvgIpc) is 2.57. The molecular weight excluding hydrogens is 316 g/mol. The number of hydrogen-bond donors (Lipinski definition) is 2. The summed E-state index contributed by atoms with van der Waals surface area (Å²) in [6.45, 7) is 1.75. The maximum Gasteiger partial charge on any atom is 0.338 e. The molecule has 1 fully saturated rings. The fourth-order valence-corrected chi connectivity index (χ4v) is 3.61. The summed E-state index contributed by atoms with van der Waals surface area (Å²) < 4.78 is 5.84. The van der Waals surface area contributed by atoms with Crippen molar-refractivity contribution in [2.45, 2.75) is 64.0 Å². The Balaban J connectivity index is 1.79. The number of urea groups is 1. The zero-order valence-corrected chi connectivity index (χ0v) is 14.7. The number of ether oxygens (including phenoxy) is 1. The summed E-state index contributed by atoms with van der Waals surface area (Å²) in [4.78, 5) is 24.8. The number of carbonyl (C=O) groups is 2. The molecule has 5 nitrogen and oxygen atoms in total. The zero-order chi connectivity index (χ0) is 17.6. The van der Waals surface area contributed by atoms with E-state index in [2.05, 4.69) is 10.6 Å². The molecule has 2 N–H and O–H groups in total. The van der Waals surface area contributed by atoms with Crippen molar-refractivity contribution in [1.82, 2.24) is 10.6 Å². The van der Waals surface area contributed by atoms with Crippen LogP contribution in [0.15, 0.2) is 41.6 Å². The fourth-order valence-electron chi connectivity index (χ4n) is 3.61. The lowest BCUT2D eigenvalue weighted by Crippen LogP contribution is -2.45. The lowest BCUT2D eigenvalue weighted by molar-refractivity contribution is -0.145. The van der Waals surface area contributed by atoms with Crippen LogP contribution in [0.2, 0.25) is 0 Å². The summed E-state index contributed by atoms with van der Waals surface area (Å²) in [5.41, 5.74) is 1.93. The molecule has 2 amide bonds. The molecule has 25 heavy (non-hydrogen) atoms. The molecule has 0 aromatic heterocycles. The van der Waals surface area contributed by atoms with Crippen LogP contribution in [-0.2, 0) is 9.53 Å². The van der Waals surface area contributed by atoms with Crippen molar-refractivity contribution < 1.29 is 14.3 Å². The second-order valence-corrected chi connectivity index (χ2v) is 6.85. The molecule has 134 valence electrons. The van der Waals surface area contributed by atoms with Crippen LogP contribution in [0.1, 0.15) is 63.5 Å². The first-order valence-electron chi connectivity index (χ1n) is 9.19. The normalized spacial score (nSPS) is 22.4. The van der Waals surface area contributed by atoms with Crippen LogP contribution in [0.3, 0.4) is 0 Å². The topological polar surface area (TPSA) is 67.4 Å². The predicted octanol–water partition coefficient (Wildman–Crippen LogP) is 3.97. The highest BCUT2D eigenvalue weighted by Crippen LogP contribution is 2.29. The van der Waals surface area contributed by atoms with Crippen LogP contribution in [0.25, 0.3) is 0 Å². The van der Waals surface area contributed by atoms with E-state index in [1.165, 1.54) is 19.3 Å². The molecule has 1 aromatic rings. The van der Waals surface area contributed by atoms with Crippen molar-refractivity contribution in [2.75, 3.05) is 0 Å². The maximum atomic E-state index is 12.9. The largest absolute Gasteiger partial charge is 0.459 e. The second-order valence-electron chi connectivity index (χ2n) is 6.85. The van der Waals surface area contributed by atoms with E-state index in [1.807, 2.05) is 30.3 Å². The highest BCUT2D eigenvalue weighted by molar-refractivity contribution is 5.95. The van der Waals surface area contributed by atoms with Crippen LogP contribution in [-0.4, -0.2) is 18.1 Å². The van der Waals surface area contributed by atoms with Crippen molar-refractivity contribution >= 4 is 12.0 Å². The number of allylic oxidation sites excluding steroid dienone is 1. The Kier molecular flexibility index (Phi) is 5.74. The van der Waals surface area contributed by atoms with E-state index in [9.17, 15) is 9.59 Å². The van der Waals surface area contributed by atoms with Gasteiger partial charge in [0.1, 0.15) is 6.10 Å². The van der Waals surface area contributed by atoms with Crippen molar-refractivity contribution in [2.24, 2.45) is 0 Å². The van der Waals surface area contributed by atoms with Gasteiger partial charge in [-0.05, 0) is 38.2 Å². The number of esters is 1. The summed E-state index contributed by atoms with van der Waals surface area (Å²) >= 11 is 0. The quantitative estimate of drug-likeness (QED) is 0.817. The molecule has 3 rings (SSSR count). The monoisotopic (exact) mass is 342 g/mol. The molecule has 5 heteroatoms. The smallest absolute Gasteiger partial charge is 0.338 e. The summed E-state index contributed by atoms with van der Waals surface area (Å²) in [6, 6.07) is 8.76. The van der Waals surface area contributed by atoms with Gasteiger partial charge in [0.15, 0.2) is 0 Å². The van der Waals surface area contributed by atoms with Gasteiger partial charge < -0.3 is 15.4 Å². The van der Waals surface area contributed by atoms with Gasteiger partial charge in [-0.15, -0.1) is 0 Å². The average molecular weight is 342 g/mol. The Bertz CT molecular complexity index is 646. The van der Waals surface area contributed by atoms with Crippen LogP contribution >= 0.6 is 0 Å². The third kappa shape index (κ3) is 4.41. The molecule has 1 aromatic carbocycles. The maximum absolute atomic E-state index is 12.9. The predicted molar refractivity (Wildman–Crippen MR) is 95.7 cm³/mol. The van der Waals surface area contributed by atoms with Crippen molar-refractivity contribution in [3.63, 3.8) is 0 Å². The van der Waals surface area contributed by atoms with Crippen LogP contribution in [0, 0.1) is 0 Å². The number of carbonyl (C=O) groups excluding carboxylic acids is 2. The minimum absolute atomic E-state index is 0.0258. The van der Waals surface area contributed by atoms with Crippen molar-refractivity contribution in [3.8, 4) is 0 Å². The summed E-state index contributed by atoms with van der Waals surface area (Å²) in [7, 11) is 0. The van der Waals surface area contributed by atoms with Gasteiger partial charge in [-0.25, -0.2) is 9.59 Å². The highest BCUT2D eigenvalue weighted by atomic mass is 16.5.